The van der Waals surface area contributed by atoms with Gasteiger partial charge in [-0.15, -0.1) is 0 Å². The molecule has 0 amide bonds. The first-order valence-corrected chi connectivity index (χ1v) is 7.73. The van der Waals surface area contributed by atoms with E-state index in [1.165, 1.54) is 12.8 Å². The minimum atomic E-state index is -0.115. The van der Waals surface area contributed by atoms with Crippen LogP contribution < -0.4 is 0 Å². The van der Waals surface area contributed by atoms with E-state index in [4.69, 9.17) is 4.42 Å². The maximum atomic E-state index is 9.87. The summed E-state index contributed by atoms with van der Waals surface area (Å²) in [6.07, 6.45) is 5.86. The summed E-state index contributed by atoms with van der Waals surface area (Å²) in [6, 6.07) is 11.0. The maximum Gasteiger partial charge on any atom is 0.226 e. The summed E-state index contributed by atoms with van der Waals surface area (Å²) in [4.78, 5) is 7.12. The van der Waals surface area contributed by atoms with Crippen LogP contribution in [0.4, 0.5) is 0 Å². The van der Waals surface area contributed by atoms with Gasteiger partial charge in [-0.05, 0) is 37.8 Å². The van der Waals surface area contributed by atoms with Crippen molar-refractivity contribution in [2.24, 2.45) is 0 Å². The smallest absolute Gasteiger partial charge is 0.226 e. The zero-order chi connectivity index (χ0) is 14.2. The molecule has 2 aliphatic rings. The Balaban J connectivity index is 1.50. The molecule has 0 aliphatic carbocycles. The molecule has 2 unspecified atom stereocenters. The SMILES string of the molecule is OC1CC2CCC(C1)N2Cc1coc(-c2ccccc2)n1. The van der Waals surface area contributed by atoms with Crippen molar-refractivity contribution in [3.63, 3.8) is 0 Å². The Kier molecular flexibility index (Phi) is 3.28. The van der Waals surface area contributed by atoms with Gasteiger partial charge in [0.15, 0.2) is 0 Å². The molecule has 0 radical (unpaired) electrons. The van der Waals surface area contributed by atoms with Gasteiger partial charge in [0.2, 0.25) is 5.89 Å². The van der Waals surface area contributed by atoms with E-state index in [9.17, 15) is 5.11 Å². The van der Waals surface area contributed by atoms with Crippen molar-refractivity contribution in [2.45, 2.75) is 50.4 Å². The summed E-state index contributed by atoms with van der Waals surface area (Å²) >= 11 is 0. The number of hydrogen-bond donors (Lipinski definition) is 1. The zero-order valence-electron chi connectivity index (χ0n) is 12.0. The quantitative estimate of drug-likeness (QED) is 0.941. The first kappa shape index (κ1) is 13.0. The van der Waals surface area contributed by atoms with Crippen LogP contribution in [0, 0.1) is 0 Å². The summed E-state index contributed by atoms with van der Waals surface area (Å²) in [5, 5.41) is 9.87. The third kappa shape index (κ3) is 2.49. The highest BCUT2D eigenvalue weighted by atomic mass is 16.3. The molecule has 4 rings (SSSR count). The number of aromatic nitrogens is 1. The molecule has 2 saturated heterocycles. The van der Waals surface area contributed by atoms with Crippen LogP contribution in [-0.4, -0.2) is 33.2 Å². The van der Waals surface area contributed by atoms with Gasteiger partial charge in [0, 0.05) is 24.2 Å². The molecule has 2 aromatic rings. The van der Waals surface area contributed by atoms with Gasteiger partial charge < -0.3 is 9.52 Å². The lowest BCUT2D eigenvalue weighted by atomic mass is 10.00. The van der Waals surface area contributed by atoms with E-state index in [-0.39, 0.29) is 6.10 Å². The number of piperidine rings is 1. The van der Waals surface area contributed by atoms with Gasteiger partial charge >= 0.3 is 0 Å². The van der Waals surface area contributed by atoms with Crippen LogP contribution in [0.5, 0.6) is 0 Å². The van der Waals surface area contributed by atoms with E-state index >= 15 is 0 Å². The normalized spacial score (nSPS) is 28.9. The molecule has 3 heterocycles. The van der Waals surface area contributed by atoms with E-state index < -0.39 is 0 Å². The van der Waals surface area contributed by atoms with Gasteiger partial charge in [-0.2, -0.15) is 0 Å². The Bertz CT molecular complexity index is 596. The van der Waals surface area contributed by atoms with E-state index in [0.717, 1.165) is 30.6 Å². The molecule has 110 valence electrons. The van der Waals surface area contributed by atoms with E-state index in [1.54, 1.807) is 6.26 Å². The molecule has 21 heavy (non-hydrogen) atoms. The number of aliphatic hydroxyl groups excluding tert-OH is 1. The molecule has 2 aliphatic heterocycles. The molecule has 2 atom stereocenters. The van der Waals surface area contributed by atoms with Crippen molar-refractivity contribution < 1.29 is 9.52 Å². The number of aliphatic hydroxyl groups is 1. The van der Waals surface area contributed by atoms with Crippen LogP contribution in [0.2, 0.25) is 0 Å². The predicted octanol–water partition coefficient (Wildman–Crippen LogP) is 2.83. The average molecular weight is 284 g/mol. The highest BCUT2D eigenvalue weighted by molar-refractivity contribution is 5.52. The molecule has 1 aromatic carbocycles. The molecule has 2 bridgehead atoms. The Hall–Kier alpha value is -1.65. The van der Waals surface area contributed by atoms with Crippen molar-refractivity contribution in [1.29, 1.82) is 0 Å². The summed E-state index contributed by atoms with van der Waals surface area (Å²) in [7, 11) is 0. The fraction of sp³-hybridized carbons (Fsp3) is 0.471. The van der Waals surface area contributed by atoms with Gasteiger partial charge in [-0.3, -0.25) is 4.90 Å². The summed E-state index contributed by atoms with van der Waals surface area (Å²) < 4.78 is 5.62. The summed E-state index contributed by atoms with van der Waals surface area (Å²) in [6.45, 7) is 0.832. The Morgan fingerprint density at radius 2 is 1.86 bits per heavy atom. The van der Waals surface area contributed by atoms with E-state index in [2.05, 4.69) is 9.88 Å². The highest BCUT2D eigenvalue weighted by Gasteiger charge is 2.40. The molecular formula is C17H20N2O2. The molecule has 0 spiro atoms. The zero-order valence-corrected chi connectivity index (χ0v) is 12.0. The van der Waals surface area contributed by atoms with Crippen molar-refractivity contribution >= 4 is 0 Å². The second kappa shape index (κ2) is 5.28. The fourth-order valence-corrected chi connectivity index (χ4v) is 3.78. The molecular weight excluding hydrogens is 264 g/mol. The number of oxazole rings is 1. The van der Waals surface area contributed by atoms with Gasteiger partial charge in [0.25, 0.3) is 0 Å². The summed E-state index contributed by atoms with van der Waals surface area (Å²) in [5.41, 5.74) is 2.00. The van der Waals surface area contributed by atoms with Crippen LogP contribution in [0.15, 0.2) is 41.0 Å². The number of fused-ring (bicyclic) bond motifs is 2. The molecule has 2 fully saturated rings. The van der Waals surface area contributed by atoms with E-state index in [0.29, 0.717) is 18.0 Å². The molecule has 1 N–H and O–H groups in total. The molecule has 1 aromatic heterocycles. The van der Waals surface area contributed by atoms with Gasteiger partial charge in [-0.25, -0.2) is 4.98 Å². The fourth-order valence-electron chi connectivity index (χ4n) is 3.78. The minimum Gasteiger partial charge on any atom is -0.444 e. The van der Waals surface area contributed by atoms with Crippen molar-refractivity contribution in [3.05, 3.63) is 42.3 Å². The minimum absolute atomic E-state index is 0.115. The van der Waals surface area contributed by atoms with Gasteiger partial charge in [-0.1, -0.05) is 18.2 Å². The van der Waals surface area contributed by atoms with Gasteiger partial charge in [0.05, 0.1) is 11.8 Å². The molecule has 4 nitrogen and oxygen atoms in total. The number of benzene rings is 1. The van der Waals surface area contributed by atoms with E-state index in [1.807, 2.05) is 30.3 Å². The van der Waals surface area contributed by atoms with Crippen molar-refractivity contribution in [3.8, 4) is 11.5 Å². The molecule has 0 saturated carbocycles. The van der Waals surface area contributed by atoms with Crippen LogP contribution >= 0.6 is 0 Å². The van der Waals surface area contributed by atoms with Crippen LogP contribution in [0.1, 0.15) is 31.4 Å². The first-order valence-electron chi connectivity index (χ1n) is 7.73. The van der Waals surface area contributed by atoms with Crippen molar-refractivity contribution in [1.82, 2.24) is 9.88 Å². The number of hydrogen-bond acceptors (Lipinski definition) is 4. The third-order valence-electron chi connectivity index (χ3n) is 4.78. The topological polar surface area (TPSA) is 49.5 Å². The predicted molar refractivity (Wildman–Crippen MR) is 79.5 cm³/mol. The lowest BCUT2D eigenvalue weighted by Gasteiger charge is -2.36. The van der Waals surface area contributed by atoms with Crippen LogP contribution in [-0.2, 0) is 6.54 Å². The third-order valence-corrected chi connectivity index (χ3v) is 4.78. The second-order valence-electron chi connectivity index (χ2n) is 6.19. The average Bonchev–Trinajstić information content (AvgIpc) is 3.05. The van der Waals surface area contributed by atoms with Crippen molar-refractivity contribution in [2.75, 3.05) is 0 Å². The highest BCUT2D eigenvalue weighted by Crippen LogP contribution is 2.36. The number of rotatable bonds is 3. The monoisotopic (exact) mass is 284 g/mol. The number of nitrogens with zero attached hydrogens (tertiary/aromatic N) is 2. The van der Waals surface area contributed by atoms with Crippen LogP contribution in [0.3, 0.4) is 0 Å². The Morgan fingerprint density at radius 1 is 1.14 bits per heavy atom. The standard InChI is InChI=1S/C17H20N2O2/c20-16-8-14-6-7-15(9-16)19(14)10-13-11-21-17(18-13)12-4-2-1-3-5-12/h1-5,11,14-16,20H,6-10H2. The lowest BCUT2D eigenvalue weighted by Crippen LogP contribution is -2.44. The maximum absolute atomic E-state index is 9.87. The summed E-state index contributed by atoms with van der Waals surface area (Å²) in [5.74, 6) is 0.690. The first-order chi connectivity index (χ1) is 10.3. The second-order valence-corrected chi connectivity index (χ2v) is 6.19. The largest absolute Gasteiger partial charge is 0.444 e. The molecule has 4 heteroatoms. The van der Waals surface area contributed by atoms with Gasteiger partial charge in [0.1, 0.15) is 6.26 Å². The Labute approximate surface area is 124 Å². The Morgan fingerprint density at radius 3 is 2.57 bits per heavy atom. The van der Waals surface area contributed by atoms with Crippen LogP contribution in [0.25, 0.3) is 11.5 Å². The lowest BCUT2D eigenvalue weighted by molar-refractivity contribution is 0.0303.